The number of rotatable bonds is 7. The molecule has 2 aromatic carbocycles. The normalized spacial score (nSPS) is 15.3. The summed E-state index contributed by atoms with van der Waals surface area (Å²) < 4.78 is 13.4. The van der Waals surface area contributed by atoms with Crippen LogP contribution in [0.15, 0.2) is 60.8 Å². The Labute approximate surface area is 183 Å². The van der Waals surface area contributed by atoms with E-state index in [1.165, 1.54) is 25.0 Å². The van der Waals surface area contributed by atoms with Gasteiger partial charge in [-0.2, -0.15) is 0 Å². The molecule has 0 saturated carbocycles. The lowest BCUT2D eigenvalue weighted by atomic mass is 10.0. The van der Waals surface area contributed by atoms with Gasteiger partial charge in [0.1, 0.15) is 11.5 Å². The lowest BCUT2D eigenvalue weighted by Crippen LogP contribution is -2.47. The van der Waals surface area contributed by atoms with Gasteiger partial charge in [-0.05, 0) is 55.0 Å². The van der Waals surface area contributed by atoms with Crippen molar-refractivity contribution in [2.24, 2.45) is 0 Å². The molecule has 1 aliphatic heterocycles. The Morgan fingerprint density at radius 3 is 2.52 bits per heavy atom. The molecule has 1 aliphatic rings. The summed E-state index contributed by atoms with van der Waals surface area (Å²) >= 11 is 0. The van der Waals surface area contributed by atoms with E-state index < -0.39 is 0 Å². The molecule has 2 heterocycles. The zero-order chi connectivity index (χ0) is 21.6. The fourth-order valence-corrected chi connectivity index (χ4v) is 4.34. The predicted octanol–water partition coefficient (Wildman–Crippen LogP) is 5.28. The van der Waals surface area contributed by atoms with Gasteiger partial charge in [-0.1, -0.05) is 49.7 Å². The fraction of sp³-hybridized carbons (Fsp3) is 0.385. The van der Waals surface area contributed by atoms with Crippen molar-refractivity contribution < 1.29 is 9.18 Å². The number of nitrogens with zero attached hydrogens (tertiary/aromatic N) is 3. The molecule has 1 amide bonds. The fourth-order valence-electron chi connectivity index (χ4n) is 4.34. The molecule has 0 bridgehead atoms. The largest absolute Gasteiger partial charge is 0.330 e. The summed E-state index contributed by atoms with van der Waals surface area (Å²) in [6, 6.07) is 16.4. The van der Waals surface area contributed by atoms with E-state index >= 15 is 0 Å². The number of piperidine rings is 1. The van der Waals surface area contributed by atoms with Crippen molar-refractivity contribution in [3.05, 3.63) is 77.9 Å². The van der Waals surface area contributed by atoms with Crippen LogP contribution in [0.25, 0.3) is 10.8 Å². The first kappa shape index (κ1) is 21.4. The van der Waals surface area contributed by atoms with E-state index in [9.17, 15) is 9.18 Å². The molecule has 31 heavy (non-hydrogen) atoms. The van der Waals surface area contributed by atoms with Crippen molar-refractivity contribution >= 4 is 16.7 Å². The Morgan fingerprint density at radius 2 is 1.81 bits per heavy atom. The number of amides is 1. The maximum atomic E-state index is 13.6. The standard InChI is InChI=1S/C26H30FN3O/c1-2-3-14-29-15-12-24(13-16-29)30(19-20-8-10-23(27)11-9-20)26(31)25-17-21-6-4-5-7-22(21)18-28-25/h4-11,17-18,24H,2-3,12-16,19H2,1H3. The molecule has 162 valence electrons. The second-order valence-electron chi connectivity index (χ2n) is 8.40. The van der Waals surface area contributed by atoms with Crippen LogP contribution in [0.2, 0.25) is 0 Å². The number of halogens is 1. The number of aromatic nitrogens is 1. The van der Waals surface area contributed by atoms with Gasteiger partial charge in [0.2, 0.25) is 0 Å². The van der Waals surface area contributed by atoms with Gasteiger partial charge in [-0.25, -0.2) is 4.39 Å². The first-order valence-corrected chi connectivity index (χ1v) is 11.3. The van der Waals surface area contributed by atoms with Crippen LogP contribution in [0.5, 0.6) is 0 Å². The topological polar surface area (TPSA) is 36.4 Å². The van der Waals surface area contributed by atoms with Gasteiger partial charge in [-0.3, -0.25) is 9.78 Å². The predicted molar refractivity (Wildman–Crippen MR) is 122 cm³/mol. The van der Waals surface area contributed by atoms with Crippen molar-refractivity contribution in [1.82, 2.24) is 14.8 Å². The minimum Gasteiger partial charge on any atom is -0.330 e. The van der Waals surface area contributed by atoms with Crippen LogP contribution < -0.4 is 0 Å². The molecule has 0 atom stereocenters. The van der Waals surface area contributed by atoms with Gasteiger partial charge in [0.15, 0.2) is 0 Å². The summed E-state index contributed by atoms with van der Waals surface area (Å²) in [6.45, 7) is 5.81. The van der Waals surface area contributed by atoms with Gasteiger partial charge < -0.3 is 9.80 Å². The van der Waals surface area contributed by atoms with Crippen molar-refractivity contribution in [1.29, 1.82) is 0 Å². The highest BCUT2D eigenvalue weighted by Crippen LogP contribution is 2.23. The van der Waals surface area contributed by atoms with E-state index in [0.29, 0.717) is 12.2 Å². The zero-order valence-corrected chi connectivity index (χ0v) is 18.1. The Balaban J connectivity index is 1.56. The van der Waals surface area contributed by atoms with E-state index in [-0.39, 0.29) is 17.8 Å². The number of pyridine rings is 1. The zero-order valence-electron chi connectivity index (χ0n) is 18.1. The van der Waals surface area contributed by atoms with E-state index in [1.807, 2.05) is 35.2 Å². The molecular formula is C26H30FN3O. The third-order valence-electron chi connectivity index (χ3n) is 6.20. The number of unbranched alkanes of at least 4 members (excludes halogenated alkanes) is 1. The van der Waals surface area contributed by atoms with Gasteiger partial charge in [0.05, 0.1) is 0 Å². The molecule has 0 unspecified atom stereocenters. The number of hydrogen-bond donors (Lipinski definition) is 0. The molecule has 0 N–H and O–H groups in total. The van der Waals surface area contributed by atoms with Crippen LogP contribution in [-0.2, 0) is 6.54 Å². The smallest absolute Gasteiger partial charge is 0.273 e. The second kappa shape index (κ2) is 10.0. The maximum absolute atomic E-state index is 13.6. The lowest BCUT2D eigenvalue weighted by Gasteiger charge is -2.38. The SMILES string of the molecule is CCCCN1CCC(N(Cc2ccc(F)cc2)C(=O)c2cc3ccccc3cn2)CC1. The van der Waals surface area contributed by atoms with E-state index in [0.717, 1.165) is 48.8 Å². The first-order valence-electron chi connectivity index (χ1n) is 11.3. The second-order valence-corrected chi connectivity index (χ2v) is 8.40. The number of hydrogen-bond acceptors (Lipinski definition) is 3. The summed E-state index contributed by atoms with van der Waals surface area (Å²) in [5.74, 6) is -0.316. The summed E-state index contributed by atoms with van der Waals surface area (Å²) in [4.78, 5) is 22.5. The van der Waals surface area contributed by atoms with Gasteiger partial charge in [0, 0.05) is 37.3 Å². The Kier molecular flexibility index (Phi) is 6.92. The third-order valence-corrected chi connectivity index (χ3v) is 6.20. The molecule has 3 aromatic rings. The lowest BCUT2D eigenvalue weighted by molar-refractivity contribution is 0.0543. The summed E-state index contributed by atoms with van der Waals surface area (Å²) in [5.41, 5.74) is 1.40. The van der Waals surface area contributed by atoms with Crippen molar-refractivity contribution in [2.75, 3.05) is 19.6 Å². The van der Waals surface area contributed by atoms with Gasteiger partial charge >= 0.3 is 0 Å². The van der Waals surface area contributed by atoms with Crippen LogP contribution in [-0.4, -0.2) is 46.4 Å². The number of carbonyl (C=O) groups excluding carboxylic acids is 1. The summed E-state index contributed by atoms with van der Waals surface area (Å²) in [7, 11) is 0. The van der Waals surface area contributed by atoms with Crippen molar-refractivity contribution in [3.63, 3.8) is 0 Å². The average molecular weight is 420 g/mol. The first-order chi connectivity index (χ1) is 15.1. The van der Waals surface area contributed by atoms with Crippen LogP contribution in [0.4, 0.5) is 4.39 Å². The molecule has 1 fully saturated rings. The van der Waals surface area contributed by atoms with Gasteiger partial charge in [-0.15, -0.1) is 0 Å². The Morgan fingerprint density at radius 1 is 1.10 bits per heavy atom. The monoisotopic (exact) mass is 419 g/mol. The van der Waals surface area contributed by atoms with Crippen molar-refractivity contribution in [2.45, 2.75) is 45.2 Å². The molecule has 5 heteroatoms. The van der Waals surface area contributed by atoms with Crippen LogP contribution in [0.1, 0.15) is 48.7 Å². The highest BCUT2D eigenvalue weighted by Gasteiger charge is 2.29. The highest BCUT2D eigenvalue weighted by atomic mass is 19.1. The molecule has 1 aromatic heterocycles. The van der Waals surface area contributed by atoms with E-state index in [1.54, 1.807) is 18.3 Å². The molecule has 1 saturated heterocycles. The van der Waals surface area contributed by atoms with Crippen LogP contribution >= 0.6 is 0 Å². The summed E-state index contributed by atoms with van der Waals surface area (Å²) in [6.07, 6.45) is 6.08. The molecule has 0 aliphatic carbocycles. The van der Waals surface area contributed by atoms with Crippen LogP contribution in [0, 0.1) is 5.82 Å². The molecule has 0 radical (unpaired) electrons. The highest BCUT2D eigenvalue weighted by molar-refractivity contribution is 5.96. The Hall–Kier alpha value is -2.79. The van der Waals surface area contributed by atoms with Crippen molar-refractivity contribution in [3.8, 4) is 0 Å². The number of benzene rings is 2. The Bertz CT molecular complexity index is 1010. The quantitative estimate of drug-likeness (QED) is 0.523. The van der Waals surface area contributed by atoms with E-state index in [4.69, 9.17) is 0 Å². The van der Waals surface area contributed by atoms with E-state index in [2.05, 4.69) is 16.8 Å². The minimum absolute atomic E-state index is 0.0536. The number of carbonyl (C=O) groups is 1. The van der Waals surface area contributed by atoms with Gasteiger partial charge in [0.25, 0.3) is 5.91 Å². The summed E-state index contributed by atoms with van der Waals surface area (Å²) in [5, 5.41) is 2.03. The minimum atomic E-state index is -0.262. The number of fused-ring (bicyclic) bond motifs is 1. The third kappa shape index (κ3) is 5.28. The number of likely N-dealkylation sites (tertiary alicyclic amines) is 1. The maximum Gasteiger partial charge on any atom is 0.273 e. The molecule has 4 nitrogen and oxygen atoms in total. The van der Waals surface area contributed by atoms with Crippen LogP contribution in [0.3, 0.4) is 0 Å². The molecular weight excluding hydrogens is 389 g/mol. The molecule has 0 spiro atoms. The molecule has 4 rings (SSSR count). The average Bonchev–Trinajstić information content (AvgIpc) is 2.82.